The average Bonchev–Trinajstić information content (AvgIpc) is 2.17. The van der Waals surface area contributed by atoms with Crippen LogP contribution in [0.5, 0.6) is 0 Å². The molecule has 0 unspecified atom stereocenters. The van der Waals surface area contributed by atoms with Gasteiger partial charge in [-0.05, 0) is 46.4 Å². The van der Waals surface area contributed by atoms with Crippen LogP contribution < -0.4 is 0 Å². The van der Waals surface area contributed by atoms with E-state index >= 15 is 0 Å². The minimum absolute atomic E-state index is 1.09. The van der Waals surface area contributed by atoms with Gasteiger partial charge >= 0.3 is 0 Å². The molecule has 0 spiro atoms. The van der Waals surface area contributed by atoms with E-state index in [9.17, 15) is 0 Å². The summed E-state index contributed by atoms with van der Waals surface area (Å²) in [5.41, 5.74) is 2.87. The molecule has 1 heteroatoms. The predicted octanol–water partition coefficient (Wildman–Crippen LogP) is 3.59. The molecule has 0 aliphatic heterocycles. The third kappa shape index (κ3) is 4.76. The molecule has 0 N–H and O–H groups in total. The van der Waals surface area contributed by atoms with Gasteiger partial charge in [-0.3, -0.25) is 0 Å². The molecule has 0 radical (unpaired) electrons. The Morgan fingerprint density at radius 3 is 2.00 bits per heavy atom. The van der Waals surface area contributed by atoms with Crippen LogP contribution in [0.1, 0.15) is 41.0 Å². The van der Waals surface area contributed by atoms with Gasteiger partial charge in [0.15, 0.2) is 0 Å². The minimum Gasteiger partial charge on any atom is -0.378 e. The number of rotatable bonds is 5. The van der Waals surface area contributed by atoms with Crippen LogP contribution in [-0.2, 0) is 0 Å². The molecule has 13 heavy (non-hydrogen) atoms. The Bertz CT molecular complexity index is 185. The average molecular weight is 181 g/mol. The molecular formula is C12H23N. The summed E-state index contributed by atoms with van der Waals surface area (Å²) in [6.07, 6.45) is 5.55. The summed E-state index contributed by atoms with van der Waals surface area (Å²) in [4.78, 5) is 2.30. The maximum atomic E-state index is 2.30. The molecule has 0 saturated carbocycles. The Balaban J connectivity index is 4.25. The van der Waals surface area contributed by atoms with Crippen LogP contribution in [0, 0.1) is 0 Å². The van der Waals surface area contributed by atoms with Gasteiger partial charge in [-0.15, -0.1) is 0 Å². The molecule has 0 aliphatic carbocycles. The first-order valence-electron chi connectivity index (χ1n) is 5.24. The molecule has 76 valence electrons. The molecule has 1 nitrogen and oxygen atoms in total. The predicted molar refractivity (Wildman–Crippen MR) is 60.7 cm³/mol. The smallest absolute Gasteiger partial charge is 0.0143 e. The summed E-state index contributed by atoms with van der Waals surface area (Å²) in [5.74, 6) is 0. The third-order valence-electron chi connectivity index (χ3n) is 2.55. The van der Waals surface area contributed by atoms with E-state index in [1.807, 2.05) is 0 Å². The maximum Gasteiger partial charge on any atom is 0.0143 e. The Kier molecular flexibility index (Phi) is 6.38. The summed E-state index contributed by atoms with van der Waals surface area (Å²) in [6.45, 7) is 13.1. The summed E-state index contributed by atoms with van der Waals surface area (Å²) < 4.78 is 0. The van der Waals surface area contributed by atoms with Crippen LogP contribution in [0.15, 0.2) is 23.4 Å². The van der Waals surface area contributed by atoms with Crippen molar-refractivity contribution in [3.63, 3.8) is 0 Å². The molecule has 0 atom stereocenters. The van der Waals surface area contributed by atoms with Crippen LogP contribution in [0.2, 0.25) is 0 Å². The molecule has 0 aromatic heterocycles. The van der Waals surface area contributed by atoms with Gasteiger partial charge in [-0.25, -0.2) is 0 Å². The highest BCUT2D eigenvalue weighted by Crippen LogP contribution is 2.08. The lowest BCUT2D eigenvalue weighted by Gasteiger charge is -2.14. The molecule has 0 bridgehead atoms. The largest absolute Gasteiger partial charge is 0.378 e. The Morgan fingerprint density at radius 2 is 1.62 bits per heavy atom. The van der Waals surface area contributed by atoms with Crippen molar-refractivity contribution < 1.29 is 0 Å². The van der Waals surface area contributed by atoms with Crippen molar-refractivity contribution in [3.05, 3.63) is 23.4 Å². The van der Waals surface area contributed by atoms with E-state index in [2.05, 4.69) is 51.8 Å². The van der Waals surface area contributed by atoms with E-state index in [0.29, 0.717) is 0 Å². The molecule has 0 aromatic rings. The zero-order chi connectivity index (χ0) is 10.3. The highest BCUT2D eigenvalue weighted by molar-refractivity contribution is 5.21. The number of hydrogen-bond donors (Lipinski definition) is 0. The zero-order valence-electron chi connectivity index (χ0n) is 9.72. The summed E-state index contributed by atoms with van der Waals surface area (Å²) >= 11 is 0. The second-order valence-corrected chi connectivity index (χ2v) is 3.35. The first-order chi connectivity index (χ1) is 6.15. The van der Waals surface area contributed by atoms with Gasteiger partial charge in [0.1, 0.15) is 0 Å². The molecule has 0 heterocycles. The second-order valence-electron chi connectivity index (χ2n) is 3.35. The molecule has 0 amide bonds. The lowest BCUT2D eigenvalue weighted by Crippen LogP contribution is -2.15. The standard InChI is InChI=1S/C12H23N/c1-6-11(4)12(5)9-10-13(7-2)8-3/h9-10H,6-8H2,1-5H3/b10-9+,12-11+. The van der Waals surface area contributed by atoms with Gasteiger partial charge in [0.05, 0.1) is 0 Å². The zero-order valence-corrected chi connectivity index (χ0v) is 9.72. The molecule has 0 aromatic carbocycles. The number of allylic oxidation sites excluding steroid dienone is 3. The Labute approximate surface area is 83.1 Å². The third-order valence-corrected chi connectivity index (χ3v) is 2.55. The van der Waals surface area contributed by atoms with E-state index in [1.54, 1.807) is 0 Å². The van der Waals surface area contributed by atoms with Crippen molar-refractivity contribution in [2.24, 2.45) is 0 Å². The van der Waals surface area contributed by atoms with Gasteiger partial charge in [0, 0.05) is 13.1 Å². The van der Waals surface area contributed by atoms with Gasteiger partial charge in [0.2, 0.25) is 0 Å². The number of hydrogen-bond acceptors (Lipinski definition) is 1. The SMILES string of the molecule is CC/C(C)=C(C)/C=C/N(CC)CC. The fraction of sp³-hybridized carbons (Fsp3) is 0.667. The van der Waals surface area contributed by atoms with E-state index in [0.717, 1.165) is 19.5 Å². The van der Waals surface area contributed by atoms with Crippen LogP contribution in [-0.4, -0.2) is 18.0 Å². The van der Waals surface area contributed by atoms with Crippen LogP contribution in [0.4, 0.5) is 0 Å². The highest BCUT2D eigenvalue weighted by atomic mass is 15.1. The maximum absolute atomic E-state index is 2.30. The van der Waals surface area contributed by atoms with Gasteiger partial charge in [-0.1, -0.05) is 18.1 Å². The summed E-state index contributed by atoms with van der Waals surface area (Å²) in [7, 11) is 0. The topological polar surface area (TPSA) is 3.24 Å². The van der Waals surface area contributed by atoms with E-state index in [-0.39, 0.29) is 0 Å². The van der Waals surface area contributed by atoms with Crippen LogP contribution in [0.25, 0.3) is 0 Å². The Morgan fingerprint density at radius 1 is 1.08 bits per heavy atom. The quantitative estimate of drug-likeness (QED) is 0.586. The second kappa shape index (κ2) is 6.76. The summed E-state index contributed by atoms with van der Waals surface area (Å²) in [5, 5.41) is 0. The fourth-order valence-corrected chi connectivity index (χ4v) is 1.07. The minimum atomic E-state index is 1.09. The van der Waals surface area contributed by atoms with Crippen molar-refractivity contribution >= 4 is 0 Å². The van der Waals surface area contributed by atoms with Gasteiger partial charge in [-0.2, -0.15) is 0 Å². The van der Waals surface area contributed by atoms with Crippen molar-refractivity contribution in [2.75, 3.05) is 13.1 Å². The first kappa shape index (κ1) is 12.3. The molecular weight excluding hydrogens is 158 g/mol. The molecule has 0 rings (SSSR count). The molecule has 0 aliphatic rings. The van der Waals surface area contributed by atoms with Crippen molar-refractivity contribution in [3.8, 4) is 0 Å². The fourth-order valence-electron chi connectivity index (χ4n) is 1.07. The van der Waals surface area contributed by atoms with Gasteiger partial charge < -0.3 is 4.90 Å². The number of nitrogens with zero attached hydrogens (tertiary/aromatic N) is 1. The van der Waals surface area contributed by atoms with Crippen molar-refractivity contribution in [1.29, 1.82) is 0 Å². The normalized spacial score (nSPS) is 13.3. The van der Waals surface area contributed by atoms with Crippen LogP contribution >= 0.6 is 0 Å². The Hall–Kier alpha value is -0.720. The first-order valence-corrected chi connectivity index (χ1v) is 5.24. The molecule has 0 saturated heterocycles. The highest BCUT2D eigenvalue weighted by Gasteiger charge is 1.92. The molecule has 0 fully saturated rings. The van der Waals surface area contributed by atoms with E-state index < -0.39 is 0 Å². The lowest BCUT2D eigenvalue weighted by molar-refractivity contribution is 0.418. The van der Waals surface area contributed by atoms with Crippen molar-refractivity contribution in [1.82, 2.24) is 4.90 Å². The van der Waals surface area contributed by atoms with Gasteiger partial charge in [0.25, 0.3) is 0 Å². The van der Waals surface area contributed by atoms with Crippen molar-refractivity contribution in [2.45, 2.75) is 41.0 Å². The monoisotopic (exact) mass is 181 g/mol. The lowest BCUT2D eigenvalue weighted by atomic mass is 10.1. The van der Waals surface area contributed by atoms with E-state index in [4.69, 9.17) is 0 Å². The summed E-state index contributed by atoms with van der Waals surface area (Å²) in [6, 6.07) is 0. The van der Waals surface area contributed by atoms with E-state index in [1.165, 1.54) is 11.1 Å². The van der Waals surface area contributed by atoms with Crippen LogP contribution in [0.3, 0.4) is 0 Å².